The van der Waals surface area contributed by atoms with E-state index in [2.05, 4.69) is 15.6 Å². The number of aromatic nitrogens is 3. The molecule has 0 aliphatic rings. The molecule has 3 aromatic rings. The first-order valence-electron chi connectivity index (χ1n) is 7.76. The van der Waals surface area contributed by atoms with Crippen molar-refractivity contribution in [2.24, 2.45) is 0 Å². The van der Waals surface area contributed by atoms with E-state index in [9.17, 15) is 9.18 Å². The number of nitrogens with zero attached hydrogens (tertiary/aromatic N) is 3. The maximum atomic E-state index is 13.0. The zero-order chi connectivity index (χ0) is 18.0. The van der Waals surface area contributed by atoms with Gasteiger partial charge in [0.2, 0.25) is 0 Å². The fourth-order valence-corrected chi connectivity index (χ4v) is 2.43. The molecular weight excluding hydrogens is 321 g/mol. The number of carbonyl (C=O) groups is 1. The van der Waals surface area contributed by atoms with E-state index in [1.807, 2.05) is 32.0 Å². The molecule has 0 spiro atoms. The number of amides is 1. The van der Waals surface area contributed by atoms with Crippen molar-refractivity contribution in [1.29, 1.82) is 0 Å². The largest absolute Gasteiger partial charge is 0.382 e. The molecule has 0 aliphatic carbocycles. The van der Waals surface area contributed by atoms with Gasteiger partial charge in [-0.2, -0.15) is 0 Å². The van der Waals surface area contributed by atoms with E-state index >= 15 is 0 Å². The molecule has 0 atom stereocenters. The highest BCUT2D eigenvalue weighted by Gasteiger charge is 2.18. The fourth-order valence-electron chi connectivity index (χ4n) is 2.43. The average molecular weight is 339 g/mol. The van der Waals surface area contributed by atoms with E-state index in [4.69, 9.17) is 5.73 Å². The van der Waals surface area contributed by atoms with Crippen molar-refractivity contribution in [3.8, 4) is 0 Å². The second-order valence-corrected chi connectivity index (χ2v) is 5.81. The maximum absolute atomic E-state index is 13.0. The second kappa shape index (κ2) is 6.72. The molecule has 1 heterocycles. The first-order valence-corrected chi connectivity index (χ1v) is 7.76. The van der Waals surface area contributed by atoms with Crippen LogP contribution in [-0.4, -0.2) is 20.9 Å². The van der Waals surface area contributed by atoms with Gasteiger partial charge in [-0.05, 0) is 48.7 Å². The number of nitrogens with one attached hydrogen (secondary N) is 1. The minimum Gasteiger partial charge on any atom is -0.382 e. The van der Waals surface area contributed by atoms with Gasteiger partial charge in [0.05, 0.1) is 6.54 Å². The highest BCUT2D eigenvalue weighted by Crippen LogP contribution is 2.20. The Balaban J connectivity index is 1.79. The highest BCUT2D eigenvalue weighted by molar-refractivity contribution is 6.06. The fraction of sp³-hybridized carbons (Fsp3) is 0.167. The molecule has 25 heavy (non-hydrogen) atoms. The molecule has 0 radical (unpaired) electrons. The van der Waals surface area contributed by atoms with Crippen LogP contribution in [0.1, 0.15) is 27.2 Å². The van der Waals surface area contributed by atoms with Crippen molar-refractivity contribution >= 4 is 17.4 Å². The Kier molecular flexibility index (Phi) is 4.47. The Bertz CT molecular complexity index is 918. The van der Waals surface area contributed by atoms with Gasteiger partial charge in [-0.1, -0.05) is 29.5 Å². The van der Waals surface area contributed by atoms with E-state index in [1.54, 1.807) is 12.1 Å². The van der Waals surface area contributed by atoms with Crippen LogP contribution in [0.15, 0.2) is 42.5 Å². The van der Waals surface area contributed by atoms with E-state index in [-0.39, 0.29) is 17.3 Å². The summed E-state index contributed by atoms with van der Waals surface area (Å²) in [6, 6.07) is 11.6. The third kappa shape index (κ3) is 3.50. The van der Waals surface area contributed by atoms with Crippen LogP contribution < -0.4 is 11.1 Å². The highest BCUT2D eigenvalue weighted by atomic mass is 19.1. The van der Waals surface area contributed by atoms with E-state index in [0.29, 0.717) is 12.2 Å². The molecular formula is C18H18FN5O. The van der Waals surface area contributed by atoms with Crippen LogP contribution >= 0.6 is 0 Å². The van der Waals surface area contributed by atoms with Gasteiger partial charge in [0, 0.05) is 5.69 Å². The summed E-state index contributed by atoms with van der Waals surface area (Å²) in [6.07, 6.45) is 0. The Hall–Kier alpha value is -3.22. The van der Waals surface area contributed by atoms with Crippen molar-refractivity contribution < 1.29 is 9.18 Å². The average Bonchev–Trinajstić information content (AvgIpc) is 2.95. The van der Waals surface area contributed by atoms with Crippen LogP contribution in [-0.2, 0) is 6.54 Å². The number of nitrogens with two attached hydrogens (primary N) is 1. The molecule has 7 heteroatoms. The topological polar surface area (TPSA) is 85.8 Å². The molecule has 2 aromatic carbocycles. The summed E-state index contributed by atoms with van der Waals surface area (Å²) in [6.45, 7) is 4.20. The van der Waals surface area contributed by atoms with Crippen LogP contribution in [0, 0.1) is 19.7 Å². The van der Waals surface area contributed by atoms with Gasteiger partial charge < -0.3 is 11.1 Å². The normalized spacial score (nSPS) is 10.7. The summed E-state index contributed by atoms with van der Waals surface area (Å²) >= 11 is 0. The molecule has 6 nitrogen and oxygen atoms in total. The third-order valence-corrected chi connectivity index (χ3v) is 4.09. The molecule has 1 aromatic heterocycles. The Morgan fingerprint density at radius 2 is 1.92 bits per heavy atom. The smallest absolute Gasteiger partial charge is 0.280 e. The van der Waals surface area contributed by atoms with Crippen molar-refractivity contribution in [1.82, 2.24) is 15.0 Å². The number of hydrogen-bond acceptors (Lipinski definition) is 4. The van der Waals surface area contributed by atoms with Crippen molar-refractivity contribution in [3.63, 3.8) is 0 Å². The van der Waals surface area contributed by atoms with E-state index < -0.39 is 5.91 Å². The van der Waals surface area contributed by atoms with E-state index in [1.165, 1.54) is 16.8 Å². The van der Waals surface area contributed by atoms with Gasteiger partial charge in [-0.15, -0.1) is 5.10 Å². The quantitative estimate of drug-likeness (QED) is 0.765. The monoisotopic (exact) mass is 339 g/mol. The predicted octanol–water partition coefficient (Wildman–Crippen LogP) is 2.92. The standard InChI is InChI=1S/C18H18FN5O/c1-11-4-3-5-15(12(11)2)21-18(25)16-17(20)24(23-22-16)10-13-6-8-14(19)9-7-13/h3-9H,10,20H2,1-2H3,(H,21,25). The molecule has 0 unspecified atom stereocenters. The molecule has 3 N–H and O–H groups in total. The molecule has 0 bridgehead atoms. The molecule has 0 saturated heterocycles. The number of anilines is 2. The van der Waals surface area contributed by atoms with Gasteiger partial charge >= 0.3 is 0 Å². The second-order valence-electron chi connectivity index (χ2n) is 5.81. The number of halogens is 1. The minimum atomic E-state index is -0.420. The Labute approximate surface area is 144 Å². The number of nitrogen functional groups attached to an aromatic ring is 1. The van der Waals surface area contributed by atoms with Crippen LogP contribution in [0.4, 0.5) is 15.9 Å². The summed E-state index contributed by atoms with van der Waals surface area (Å²) in [7, 11) is 0. The first kappa shape index (κ1) is 16.6. The molecule has 0 saturated carbocycles. The predicted molar refractivity (Wildman–Crippen MR) is 93.8 cm³/mol. The summed E-state index contributed by atoms with van der Waals surface area (Å²) < 4.78 is 14.4. The van der Waals surface area contributed by atoms with Crippen molar-refractivity contribution in [3.05, 3.63) is 70.7 Å². The Morgan fingerprint density at radius 1 is 1.20 bits per heavy atom. The lowest BCUT2D eigenvalue weighted by atomic mass is 10.1. The molecule has 3 rings (SSSR count). The van der Waals surface area contributed by atoms with Gasteiger partial charge in [0.1, 0.15) is 5.82 Å². The maximum Gasteiger partial charge on any atom is 0.280 e. The van der Waals surface area contributed by atoms with Crippen molar-refractivity contribution in [2.75, 3.05) is 11.1 Å². The van der Waals surface area contributed by atoms with Crippen LogP contribution in [0.2, 0.25) is 0 Å². The minimum absolute atomic E-state index is 0.0583. The van der Waals surface area contributed by atoms with Crippen LogP contribution in [0.5, 0.6) is 0 Å². The lowest BCUT2D eigenvalue weighted by Gasteiger charge is -2.09. The summed E-state index contributed by atoms with van der Waals surface area (Å²) in [4.78, 5) is 12.5. The third-order valence-electron chi connectivity index (χ3n) is 4.09. The number of rotatable bonds is 4. The number of benzene rings is 2. The van der Waals surface area contributed by atoms with E-state index in [0.717, 1.165) is 16.7 Å². The summed E-state index contributed by atoms with van der Waals surface area (Å²) in [5, 5.41) is 10.6. The van der Waals surface area contributed by atoms with Gasteiger partial charge in [0.25, 0.3) is 5.91 Å². The van der Waals surface area contributed by atoms with Crippen molar-refractivity contribution in [2.45, 2.75) is 20.4 Å². The first-order chi connectivity index (χ1) is 12.0. The zero-order valence-corrected chi connectivity index (χ0v) is 14.0. The number of aryl methyl sites for hydroxylation is 1. The Morgan fingerprint density at radius 3 is 2.64 bits per heavy atom. The van der Waals surface area contributed by atoms with Crippen LogP contribution in [0.25, 0.3) is 0 Å². The molecule has 128 valence electrons. The number of hydrogen-bond donors (Lipinski definition) is 2. The van der Waals surface area contributed by atoms with Gasteiger partial charge in [-0.25, -0.2) is 9.07 Å². The number of carbonyl (C=O) groups excluding carboxylic acids is 1. The molecule has 1 amide bonds. The van der Waals surface area contributed by atoms with Gasteiger partial charge in [0.15, 0.2) is 11.5 Å². The molecule has 0 aliphatic heterocycles. The van der Waals surface area contributed by atoms with Gasteiger partial charge in [-0.3, -0.25) is 4.79 Å². The van der Waals surface area contributed by atoms with Crippen LogP contribution in [0.3, 0.4) is 0 Å². The zero-order valence-electron chi connectivity index (χ0n) is 14.0. The SMILES string of the molecule is Cc1cccc(NC(=O)c2nnn(Cc3ccc(F)cc3)c2N)c1C. The lowest BCUT2D eigenvalue weighted by Crippen LogP contribution is -2.16. The summed E-state index contributed by atoms with van der Waals surface area (Å²) in [5.41, 5.74) is 9.63. The lowest BCUT2D eigenvalue weighted by molar-refractivity contribution is 0.102. The summed E-state index contributed by atoms with van der Waals surface area (Å²) in [5.74, 6) is -0.576. The molecule has 0 fully saturated rings.